The Morgan fingerprint density at radius 3 is 2.75 bits per heavy atom. The van der Waals surface area contributed by atoms with Crippen molar-refractivity contribution in [2.45, 2.75) is 39.2 Å². The average molecular weight is 224 g/mol. The molecule has 1 aliphatic rings. The van der Waals surface area contributed by atoms with Gasteiger partial charge in [0.1, 0.15) is 5.92 Å². The summed E-state index contributed by atoms with van der Waals surface area (Å²) < 4.78 is 5.57. The molecule has 1 N–H and O–H groups in total. The summed E-state index contributed by atoms with van der Waals surface area (Å²) in [4.78, 5) is 11.7. The molecule has 90 valence electrons. The lowest BCUT2D eigenvalue weighted by Crippen LogP contribution is -2.43. The zero-order valence-corrected chi connectivity index (χ0v) is 10.2. The van der Waals surface area contributed by atoms with E-state index in [0.29, 0.717) is 6.54 Å². The third-order valence-corrected chi connectivity index (χ3v) is 3.03. The molecule has 1 rings (SSSR count). The average Bonchev–Trinajstić information content (AvgIpc) is 2.63. The van der Waals surface area contributed by atoms with Crippen LogP contribution in [-0.4, -0.2) is 24.7 Å². The molecule has 0 aromatic rings. The molecule has 1 amide bonds. The van der Waals surface area contributed by atoms with Gasteiger partial charge in [0.05, 0.1) is 11.7 Å². The largest absolute Gasteiger partial charge is 0.373 e. The first-order valence-corrected chi connectivity index (χ1v) is 5.80. The highest BCUT2D eigenvalue weighted by atomic mass is 16.5. The molecule has 2 unspecified atom stereocenters. The Hall–Kier alpha value is -1.08. The van der Waals surface area contributed by atoms with E-state index < -0.39 is 5.92 Å². The molecule has 0 bridgehead atoms. The van der Waals surface area contributed by atoms with Crippen molar-refractivity contribution in [3.05, 3.63) is 0 Å². The second-order valence-electron chi connectivity index (χ2n) is 4.97. The lowest BCUT2D eigenvalue weighted by Gasteiger charge is -2.24. The number of ether oxygens (including phenoxy) is 1. The summed E-state index contributed by atoms with van der Waals surface area (Å²) in [6.07, 6.45) is 2.00. The van der Waals surface area contributed by atoms with Crippen LogP contribution in [0, 0.1) is 23.2 Å². The van der Waals surface area contributed by atoms with Crippen molar-refractivity contribution >= 4 is 5.91 Å². The highest BCUT2D eigenvalue weighted by Crippen LogP contribution is 2.24. The fraction of sp³-hybridized carbons (Fsp3) is 0.833. The van der Waals surface area contributed by atoms with Crippen LogP contribution in [0.5, 0.6) is 0 Å². The van der Waals surface area contributed by atoms with Crippen LogP contribution in [0.25, 0.3) is 0 Å². The van der Waals surface area contributed by atoms with Gasteiger partial charge < -0.3 is 10.1 Å². The van der Waals surface area contributed by atoms with Crippen LogP contribution in [-0.2, 0) is 9.53 Å². The molecule has 4 heteroatoms. The monoisotopic (exact) mass is 224 g/mol. The number of hydrogen-bond donors (Lipinski definition) is 1. The fourth-order valence-electron chi connectivity index (χ4n) is 1.87. The van der Waals surface area contributed by atoms with Gasteiger partial charge in [0.25, 0.3) is 0 Å². The summed E-state index contributed by atoms with van der Waals surface area (Å²) in [7, 11) is 0. The molecule has 4 nitrogen and oxygen atoms in total. The van der Waals surface area contributed by atoms with Crippen molar-refractivity contribution < 1.29 is 9.53 Å². The first-order valence-electron chi connectivity index (χ1n) is 5.80. The minimum absolute atomic E-state index is 0.0438. The predicted octanol–water partition coefficient (Wildman–Crippen LogP) is 1.47. The van der Waals surface area contributed by atoms with Crippen molar-refractivity contribution in [2.24, 2.45) is 11.8 Å². The Balaban J connectivity index is 2.43. The quantitative estimate of drug-likeness (QED) is 0.786. The van der Waals surface area contributed by atoms with Crippen molar-refractivity contribution in [1.82, 2.24) is 5.32 Å². The molecule has 16 heavy (non-hydrogen) atoms. The van der Waals surface area contributed by atoms with Gasteiger partial charge in [-0.2, -0.15) is 5.26 Å². The van der Waals surface area contributed by atoms with Crippen molar-refractivity contribution in [1.29, 1.82) is 5.26 Å². The van der Waals surface area contributed by atoms with E-state index in [1.807, 2.05) is 26.8 Å². The van der Waals surface area contributed by atoms with Gasteiger partial charge in [0.15, 0.2) is 0 Å². The van der Waals surface area contributed by atoms with Gasteiger partial charge in [0, 0.05) is 13.2 Å². The Morgan fingerprint density at radius 1 is 1.62 bits per heavy atom. The van der Waals surface area contributed by atoms with Crippen LogP contribution in [0.15, 0.2) is 0 Å². The molecule has 1 aliphatic heterocycles. The number of amides is 1. The standard InChI is InChI=1S/C12H20N2O2/c1-9(2)10(7-13)11(15)14-8-12(3)5-4-6-16-12/h9-10H,4-6,8H2,1-3H3,(H,14,15). The smallest absolute Gasteiger partial charge is 0.237 e. The van der Waals surface area contributed by atoms with E-state index in [9.17, 15) is 4.79 Å². The van der Waals surface area contributed by atoms with E-state index in [4.69, 9.17) is 10.00 Å². The molecule has 1 heterocycles. The van der Waals surface area contributed by atoms with E-state index in [-0.39, 0.29) is 17.4 Å². The van der Waals surface area contributed by atoms with Crippen LogP contribution in [0.3, 0.4) is 0 Å². The number of carbonyl (C=O) groups is 1. The molecule has 0 aliphatic carbocycles. The van der Waals surface area contributed by atoms with Crippen LogP contribution in [0.1, 0.15) is 33.6 Å². The molecule has 0 spiro atoms. The maximum absolute atomic E-state index is 11.7. The predicted molar refractivity (Wildman–Crippen MR) is 60.5 cm³/mol. The Morgan fingerprint density at radius 2 is 2.31 bits per heavy atom. The van der Waals surface area contributed by atoms with Gasteiger partial charge in [-0.3, -0.25) is 4.79 Å². The normalized spacial score (nSPS) is 26.4. The van der Waals surface area contributed by atoms with Gasteiger partial charge in [-0.05, 0) is 25.7 Å². The number of nitriles is 1. The maximum Gasteiger partial charge on any atom is 0.237 e. The number of rotatable bonds is 4. The lowest BCUT2D eigenvalue weighted by molar-refractivity contribution is -0.125. The van der Waals surface area contributed by atoms with Gasteiger partial charge >= 0.3 is 0 Å². The topological polar surface area (TPSA) is 62.1 Å². The molecule has 0 aromatic carbocycles. The molecule has 2 atom stereocenters. The maximum atomic E-state index is 11.7. The summed E-state index contributed by atoms with van der Waals surface area (Å²) in [6.45, 7) is 7.01. The Kier molecular flexibility index (Phi) is 4.31. The van der Waals surface area contributed by atoms with Gasteiger partial charge in [-0.15, -0.1) is 0 Å². The van der Waals surface area contributed by atoms with E-state index in [0.717, 1.165) is 19.4 Å². The van der Waals surface area contributed by atoms with Crippen LogP contribution < -0.4 is 5.32 Å². The molecule has 0 radical (unpaired) electrons. The zero-order chi connectivity index (χ0) is 12.2. The molecule has 1 fully saturated rings. The summed E-state index contributed by atoms with van der Waals surface area (Å²) >= 11 is 0. The summed E-state index contributed by atoms with van der Waals surface area (Å²) in [5.74, 6) is -0.707. The number of carbonyl (C=O) groups excluding carboxylic acids is 1. The second-order valence-corrected chi connectivity index (χ2v) is 4.97. The number of nitrogens with zero attached hydrogens (tertiary/aromatic N) is 1. The summed E-state index contributed by atoms with van der Waals surface area (Å²) in [5, 5.41) is 11.7. The minimum atomic E-state index is -0.565. The van der Waals surface area contributed by atoms with Gasteiger partial charge in [-0.1, -0.05) is 13.8 Å². The van der Waals surface area contributed by atoms with Crippen molar-refractivity contribution in [2.75, 3.05) is 13.2 Å². The van der Waals surface area contributed by atoms with Crippen molar-refractivity contribution in [3.63, 3.8) is 0 Å². The summed E-state index contributed by atoms with van der Waals surface area (Å²) in [6, 6.07) is 2.04. The molecular weight excluding hydrogens is 204 g/mol. The molecular formula is C12H20N2O2. The Bertz CT molecular complexity index is 288. The molecule has 0 aromatic heterocycles. The first kappa shape index (κ1) is 13.0. The SMILES string of the molecule is CC(C)C(C#N)C(=O)NCC1(C)CCCO1. The fourth-order valence-corrected chi connectivity index (χ4v) is 1.87. The van der Waals surface area contributed by atoms with Gasteiger partial charge in [0.2, 0.25) is 5.91 Å². The van der Waals surface area contributed by atoms with E-state index in [2.05, 4.69) is 5.32 Å². The van der Waals surface area contributed by atoms with E-state index in [1.165, 1.54) is 0 Å². The summed E-state index contributed by atoms with van der Waals surface area (Å²) in [5.41, 5.74) is -0.243. The van der Waals surface area contributed by atoms with Gasteiger partial charge in [-0.25, -0.2) is 0 Å². The van der Waals surface area contributed by atoms with Crippen LogP contribution in [0.2, 0.25) is 0 Å². The van der Waals surface area contributed by atoms with Crippen molar-refractivity contribution in [3.8, 4) is 6.07 Å². The molecule has 0 saturated carbocycles. The third-order valence-electron chi connectivity index (χ3n) is 3.03. The zero-order valence-electron chi connectivity index (χ0n) is 10.2. The van der Waals surface area contributed by atoms with E-state index >= 15 is 0 Å². The molecule has 1 saturated heterocycles. The minimum Gasteiger partial charge on any atom is -0.373 e. The highest BCUT2D eigenvalue weighted by Gasteiger charge is 2.31. The Labute approximate surface area is 97.0 Å². The highest BCUT2D eigenvalue weighted by molar-refractivity contribution is 5.81. The number of nitrogens with one attached hydrogen (secondary N) is 1. The lowest BCUT2D eigenvalue weighted by atomic mass is 9.96. The van der Waals surface area contributed by atoms with Crippen LogP contribution in [0.4, 0.5) is 0 Å². The number of hydrogen-bond acceptors (Lipinski definition) is 3. The van der Waals surface area contributed by atoms with Crippen LogP contribution >= 0.6 is 0 Å². The third kappa shape index (κ3) is 3.21. The second kappa shape index (κ2) is 5.31. The van der Waals surface area contributed by atoms with E-state index in [1.54, 1.807) is 0 Å². The first-order chi connectivity index (χ1) is 7.48.